The van der Waals surface area contributed by atoms with Gasteiger partial charge in [0.1, 0.15) is 56.0 Å². The van der Waals surface area contributed by atoms with Crippen LogP contribution in [0.2, 0.25) is 0 Å². The van der Waals surface area contributed by atoms with E-state index in [0.717, 1.165) is 61.0 Å². The molecule has 392 valence electrons. The largest absolute Gasteiger partial charge is 0.494 e. The summed E-state index contributed by atoms with van der Waals surface area (Å²) in [5.74, 6) is 1.15. The first-order valence-electron chi connectivity index (χ1n) is 26.3. The van der Waals surface area contributed by atoms with Crippen molar-refractivity contribution >= 4 is 33.7 Å². The first-order valence-corrected chi connectivity index (χ1v) is 26.3. The number of aromatic nitrogens is 4. The van der Waals surface area contributed by atoms with Crippen LogP contribution >= 0.6 is 0 Å². The van der Waals surface area contributed by atoms with Gasteiger partial charge in [0.25, 0.3) is 11.1 Å². The van der Waals surface area contributed by atoms with E-state index in [1.807, 2.05) is 85.8 Å². The SMILES string of the molecule is CCOc1ccc(COc2ccc(COc3ccc4nc5c(c(CC)c4c3)Cn3c-5cc4c(c3=O)COC(=O)[C@]4(O)CC)cc2COc2ccc3nc4c(c(CC)c3c2)Cn2c-4cc3c(c2=O)COC(=O)[C@]3(O)CC)cc1. The number of aliphatic hydroxyl groups is 2. The highest BCUT2D eigenvalue weighted by Crippen LogP contribution is 2.43. The highest BCUT2D eigenvalue weighted by atomic mass is 16.6. The normalized spacial score (nSPS) is 17.7. The Morgan fingerprint density at radius 1 is 0.532 bits per heavy atom. The average Bonchev–Trinajstić information content (AvgIpc) is 4.22. The summed E-state index contributed by atoms with van der Waals surface area (Å²) in [7, 11) is 0. The molecule has 12 rings (SSSR count). The zero-order chi connectivity index (χ0) is 53.5. The summed E-state index contributed by atoms with van der Waals surface area (Å²) in [5, 5.41) is 24.6. The van der Waals surface area contributed by atoms with Crippen LogP contribution < -0.4 is 30.1 Å². The summed E-state index contributed by atoms with van der Waals surface area (Å²) in [6, 6.07) is 28.7. The van der Waals surface area contributed by atoms with E-state index in [4.69, 9.17) is 38.4 Å². The third kappa shape index (κ3) is 8.02. The molecule has 4 aromatic carbocycles. The number of rotatable bonds is 15. The smallest absolute Gasteiger partial charge is 0.343 e. The zero-order valence-electron chi connectivity index (χ0n) is 43.4. The Bertz CT molecular complexity index is 3920. The van der Waals surface area contributed by atoms with Crippen LogP contribution in [0, 0.1) is 0 Å². The van der Waals surface area contributed by atoms with Crippen LogP contribution in [0.3, 0.4) is 0 Å². The lowest BCUT2D eigenvalue weighted by Crippen LogP contribution is -2.44. The maximum Gasteiger partial charge on any atom is 0.343 e. The molecule has 0 bridgehead atoms. The van der Waals surface area contributed by atoms with Crippen molar-refractivity contribution in [2.75, 3.05) is 6.61 Å². The van der Waals surface area contributed by atoms with Gasteiger partial charge in [0.05, 0.1) is 64.6 Å². The van der Waals surface area contributed by atoms with Gasteiger partial charge in [-0.25, -0.2) is 19.6 Å². The van der Waals surface area contributed by atoms with Crippen LogP contribution in [-0.2, 0) is 89.2 Å². The molecular formula is C61H56N4O12. The fraction of sp³-hybridized carbons (Fsp3) is 0.311. The molecule has 8 aromatic rings. The minimum absolute atomic E-state index is 0.0606. The number of carbonyl (C=O) groups excluding carboxylic acids is 2. The van der Waals surface area contributed by atoms with Crippen molar-refractivity contribution in [1.29, 1.82) is 0 Å². The molecule has 0 amide bonds. The second kappa shape index (κ2) is 19.0. The second-order valence-electron chi connectivity index (χ2n) is 20.0. The lowest BCUT2D eigenvalue weighted by Gasteiger charge is -2.31. The maximum absolute atomic E-state index is 14.0. The minimum atomic E-state index is -1.92. The molecule has 0 saturated carbocycles. The summed E-state index contributed by atoms with van der Waals surface area (Å²) < 4.78 is 39.1. The number of hydrogen-bond donors (Lipinski definition) is 2. The molecule has 0 unspecified atom stereocenters. The number of nitrogens with zero attached hydrogens (tertiary/aromatic N) is 4. The van der Waals surface area contributed by atoms with Gasteiger partial charge in [-0.1, -0.05) is 45.9 Å². The molecule has 77 heavy (non-hydrogen) atoms. The van der Waals surface area contributed by atoms with Crippen LogP contribution in [0.15, 0.2) is 101 Å². The first-order chi connectivity index (χ1) is 37.3. The van der Waals surface area contributed by atoms with Crippen molar-refractivity contribution in [2.24, 2.45) is 0 Å². The first kappa shape index (κ1) is 49.5. The molecule has 0 fully saturated rings. The van der Waals surface area contributed by atoms with Crippen molar-refractivity contribution in [3.05, 3.63) is 173 Å². The van der Waals surface area contributed by atoms with Crippen LogP contribution in [-0.4, -0.2) is 47.9 Å². The van der Waals surface area contributed by atoms with E-state index in [-0.39, 0.29) is 72.6 Å². The van der Waals surface area contributed by atoms with Gasteiger partial charge in [-0.15, -0.1) is 0 Å². The Morgan fingerprint density at radius 3 is 1.51 bits per heavy atom. The number of benzene rings is 4. The lowest BCUT2D eigenvalue weighted by molar-refractivity contribution is -0.172. The number of ether oxygens (including phenoxy) is 6. The molecule has 0 radical (unpaired) electrons. The molecule has 2 atom stereocenters. The molecule has 4 aliphatic rings. The number of aryl methyl sites for hydroxylation is 2. The fourth-order valence-electron chi connectivity index (χ4n) is 11.6. The van der Waals surface area contributed by atoms with Crippen molar-refractivity contribution in [1.82, 2.24) is 19.1 Å². The van der Waals surface area contributed by atoms with Gasteiger partial charge >= 0.3 is 11.9 Å². The Kier molecular flexibility index (Phi) is 12.2. The topological polar surface area (TPSA) is 200 Å². The quantitative estimate of drug-likeness (QED) is 0.0924. The zero-order valence-corrected chi connectivity index (χ0v) is 43.4. The van der Waals surface area contributed by atoms with Crippen molar-refractivity contribution in [3.8, 4) is 45.8 Å². The van der Waals surface area contributed by atoms with Crippen molar-refractivity contribution in [3.63, 3.8) is 0 Å². The summed E-state index contributed by atoms with van der Waals surface area (Å²) >= 11 is 0. The monoisotopic (exact) mass is 1040 g/mol. The molecular weight excluding hydrogens is 981 g/mol. The van der Waals surface area contributed by atoms with Gasteiger partial charge in [-0.2, -0.15) is 0 Å². The minimum Gasteiger partial charge on any atom is -0.494 e. The molecule has 4 aromatic heterocycles. The highest BCUT2D eigenvalue weighted by molar-refractivity contribution is 5.91. The van der Waals surface area contributed by atoms with Gasteiger partial charge in [0.2, 0.25) is 0 Å². The summed E-state index contributed by atoms with van der Waals surface area (Å²) in [5.41, 5.74) is 7.05. The van der Waals surface area contributed by atoms with E-state index >= 15 is 0 Å². The van der Waals surface area contributed by atoms with Gasteiger partial charge in [0.15, 0.2) is 11.2 Å². The molecule has 16 nitrogen and oxygen atoms in total. The third-order valence-corrected chi connectivity index (χ3v) is 15.8. The average molecular weight is 1040 g/mol. The molecule has 16 heteroatoms. The van der Waals surface area contributed by atoms with E-state index in [0.29, 0.717) is 84.7 Å². The van der Waals surface area contributed by atoms with E-state index in [1.165, 1.54) is 0 Å². The van der Waals surface area contributed by atoms with E-state index < -0.39 is 23.1 Å². The van der Waals surface area contributed by atoms with Gasteiger partial charge in [-0.3, -0.25) is 9.59 Å². The molecule has 0 spiro atoms. The lowest BCUT2D eigenvalue weighted by atomic mass is 9.86. The molecule has 0 aliphatic carbocycles. The van der Waals surface area contributed by atoms with E-state index in [9.17, 15) is 29.4 Å². The third-order valence-electron chi connectivity index (χ3n) is 15.8. The molecule has 2 N–H and O–H groups in total. The van der Waals surface area contributed by atoms with Gasteiger partial charge in [-0.05, 0) is 128 Å². The highest BCUT2D eigenvalue weighted by Gasteiger charge is 2.47. The Labute approximate surface area is 442 Å². The van der Waals surface area contributed by atoms with Gasteiger partial charge in [0, 0.05) is 38.6 Å². The van der Waals surface area contributed by atoms with Crippen LogP contribution in [0.5, 0.6) is 23.0 Å². The van der Waals surface area contributed by atoms with E-state index in [1.54, 1.807) is 35.1 Å². The predicted molar refractivity (Wildman–Crippen MR) is 285 cm³/mol. The number of hydrogen-bond acceptors (Lipinski definition) is 14. The second-order valence-corrected chi connectivity index (χ2v) is 20.0. The van der Waals surface area contributed by atoms with Crippen molar-refractivity contribution in [2.45, 2.75) is 118 Å². The molecule has 0 saturated heterocycles. The summed E-state index contributed by atoms with van der Waals surface area (Å²) in [6.07, 6.45) is 1.43. The Hall–Kier alpha value is -8.34. The summed E-state index contributed by atoms with van der Waals surface area (Å²) in [4.78, 5) is 63.5. The standard InChI is InChI=1S/C61H56N4O12/c1-6-39-41-22-37(16-18-49(41)62-54-43(39)26-64-51(54)24-47-45(56(64)66)31-76-58(68)60(47,70)8-3)73-29-34-13-20-53(75-28-33-11-14-36(15-12-33)72-10-5)35(21-34)30-74-38-17-19-50-42(23-38)40(7-2)44-27-65-52(55(44)63-50)25-48-46(57(65)67)32-77-59(69)61(48,71)9-4/h11-25,70-71H,6-10,26-32H2,1-5H3/t60-,61-/m0/s1. The molecule has 8 heterocycles. The Morgan fingerprint density at radius 2 is 1.01 bits per heavy atom. The van der Waals surface area contributed by atoms with Gasteiger partial charge < -0.3 is 47.8 Å². The fourth-order valence-corrected chi connectivity index (χ4v) is 11.6. The number of fused-ring (bicyclic) bond motifs is 10. The molecule has 4 aliphatic heterocycles. The predicted octanol–water partition coefficient (Wildman–Crippen LogP) is 8.73. The van der Waals surface area contributed by atoms with Crippen molar-refractivity contribution < 1.29 is 48.2 Å². The number of esters is 2. The van der Waals surface area contributed by atoms with Crippen LogP contribution in [0.25, 0.3) is 44.6 Å². The Balaban J connectivity index is 0.825. The number of carbonyl (C=O) groups is 2. The maximum atomic E-state index is 14.0. The van der Waals surface area contributed by atoms with Crippen LogP contribution in [0.1, 0.15) is 109 Å². The van der Waals surface area contributed by atoms with Crippen LogP contribution in [0.4, 0.5) is 0 Å². The number of pyridine rings is 4. The van der Waals surface area contributed by atoms with E-state index in [2.05, 4.69) is 13.8 Å². The summed E-state index contributed by atoms with van der Waals surface area (Å²) in [6.45, 7) is 10.9. The number of cyclic esters (lactones) is 2.